The minimum atomic E-state index is -0.525. The van der Waals surface area contributed by atoms with Gasteiger partial charge in [0.25, 0.3) is 5.56 Å². The number of fused-ring (bicyclic) bond motifs is 1. The van der Waals surface area contributed by atoms with Crippen molar-refractivity contribution in [1.29, 1.82) is 0 Å². The third-order valence-corrected chi connectivity index (χ3v) is 5.00. The number of pyridine rings is 1. The van der Waals surface area contributed by atoms with Crippen molar-refractivity contribution in [3.05, 3.63) is 64.0 Å². The minimum Gasteiger partial charge on any atom is -0.346 e. The Labute approximate surface area is 162 Å². The van der Waals surface area contributed by atoms with Crippen molar-refractivity contribution in [2.75, 3.05) is 11.6 Å². The standard InChI is InChI=1S/C18H13ClFN5OS/c1-27-18-14(24-16-10-4-5-21-15(10)22-8-23-16)7-12(17(26)25-18)11-6-9(19)2-3-13(11)20/h2-8H,1H3,(H,25,26)(H2,21,22,23,24). The van der Waals surface area contributed by atoms with E-state index in [9.17, 15) is 9.18 Å². The van der Waals surface area contributed by atoms with Crippen LogP contribution >= 0.6 is 23.4 Å². The van der Waals surface area contributed by atoms with Crippen LogP contribution in [0.15, 0.2) is 52.7 Å². The summed E-state index contributed by atoms with van der Waals surface area (Å²) in [6, 6.07) is 7.55. The van der Waals surface area contributed by atoms with Crippen LogP contribution in [-0.2, 0) is 0 Å². The number of hydrogen-bond donors (Lipinski definition) is 3. The van der Waals surface area contributed by atoms with Crippen LogP contribution in [0.4, 0.5) is 15.9 Å². The topological polar surface area (TPSA) is 86.5 Å². The summed E-state index contributed by atoms with van der Waals surface area (Å²) in [4.78, 5) is 26.7. The van der Waals surface area contributed by atoms with Crippen molar-refractivity contribution < 1.29 is 4.39 Å². The molecule has 0 radical (unpaired) electrons. The Morgan fingerprint density at radius 3 is 2.85 bits per heavy atom. The Balaban J connectivity index is 1.86. The van der Waals surface area contributed by atoms with E-state index < -0.39 is 11.4 Å². The summed E-state index contributed by atoms with van der Waals surface area (Å²) in [5, 5.41) is 4.96. The maximum atomic E-state index is 14.3. The van der Waals surface area contributed by atoms with Gasteiger partial charge >= 0.3 is 0 Å². The molecule has 0 saturated heterocycles. The zero-order valence-corrected chi connectivity index (χ0v) is 15.6. The second-order valence-electron chi connectivity index (χ2n) is 5.67. The van der Waals surface area contributed by atoms with Crippen LogP contribution in [0.2, 0.25) is 5.02 Å². The Kier molecular flexibility index (Phi) is 4.59. The van der Waals surface area contributed by atoms with Crippen LogP contribution in [0, 0.1) is 5.82 Å². The molecular formula is C18H13ClFN5OS. The Hall–Kier alpha value is -2.84. The molecule has 4 rings (SSSR count). The number of nitrogens with zero attached hydrogens (tertiary/aromatic N) is 2. The van der Waals surface area contributed by atoms with Gasteiger partial charge in [0, 0.05) is 16.8 Å². The van der Waals surface area contributed by atoms with Crippen LogP contribution in [0.25, 0.3) is 22.2 Å². The van der Waals surface area contributed by atoms with Gasteiger partial charge in [-0.2, -0.15) is 0 Å². The molecule has 0 aliphatic carbocycles. The Bertz CT molecular complexity index is 1210. The predicted octanol–water partition coefficient (Wildman–Crippen LogP) is 4.57. The molecule has 0 aliphatic rings. The van der Waals surface area contributed by atoms with Gasteiger partial charge < -0.3 is 15.3 Å². The van der Waals surface area contributed by atoms with E-state index in [0.29, 0.717) is 27.2 Å². The van der Waals surface area contributed by atoms with Crippen molar-refractivity contribution in [2.24, 2.45) is 0 Å². The van der Waals surface area contributed by atoms with E-state index in [2.05, 4.69) is 25.3 Å². The quantitative estimate of drug-likeness (QED) is 0.436. The first-order valence-electron chi connectivity index (χ1n) is 7.88. The van der Waals surface area contributed by atoms with Crippen LogP contribution < -0.4 is 10.9 Å². The highest BCUT2D eigenvalue weighted by Gasteiger charge is 2.15. The molecule has 0 atom stereocenters. The molecule has 6 nitrogen and oxygen atoms in total. The summed E-state index contributed by atoms with van der Waals surface area (Å²) in [6.07, 6.45) is 5.03. The summed E-state index contributed by atoms with van der Waals surface area (Å²) >= 11 is 7.34. The molecular weight excluding hydrogens is 389 g/mol. The maximum absolute atomic E-state index is 14.3. The van der Waals surface area contributed by atoms with E-state index in [1.807, 2.05) is 12.3 Å². The third-order valence-electron chi connectivity index (χ3n) is 4.03. The summed E-state index contributed by atoms with van der Waals surface area (Å²) in [6.45, 7) is 0. The van der Waals surface area contributed by atoms with Crippen LogP contribution in [0.3, 0.4) is 0 Å². The van der Waals surface area contributed by atoms with Crippen molar-refractivity contribution in [3.63, 3.8) is 0 Å². The van der Waals surface area contributed by atoms with Gasteiger partial charge in [-0.25, -0.2) is 14.4 Å². The molecule has 0 bridgehead atoms. The molecule has 0 fully saturated rings. The first-order valence-corrected chi connectivity index (χ1v) is 9.49. The Morgan fingerprint density at radius 1 is 1.19 bits per heavy atom. The maximum Gasteiger partial charge on any atom is 0.256 e. The number of H-pyrrole nitrogens is 2. The van der Waals surface area contributed by atoms with E-state index in [4.69, 9.17) is 11.6 Å². The number of thioether (sulfide) groups is 1. The zero-order chi connectivity index (χ0) is 19.0. The lowest BCUT2D eigenvalue weighted by Gasteiger charge is -2.13. The van der Waals surface area contributed by atoms with Gasteiger partial charge in [0.2, 0.25) is 0 Å². The molecule has 0 unspecified atom stereocenters. The van der Waals surface area contributed by atoms with Gasteiger partial charge in [-0.3, -0.25) is 4.79 Å². The van der Waals surface area contributed by atoms with E-state index in [-0.39, 0.29) is 11.1 Å². The number of aromatic amines is 2. The molecule has 1 aromatic carbocycles. The lowest BCUT2D eigenvalue weighted by molar-refractivity contribution is 0.631. The molecule has 136 valence electrons. The third kappa shape index (κ3) is 3.29. The Morgan fingerprint density at radius 2 is 2.04 bits per heavy atom. The van der Waals surface area contributed by atoms with E-state index in [1.165, 1.54) is 36.3 Å². The molecule has 27 heavy (non-hydrogen) atoms. The normalized spacial score (nSPS) is 11.1. The highest BCUT2D eigenvalue weighted by atomic mass is 35.5. The number of halogens is 2. The largest absolute Gasteiger partial charge is 0.346 e. The lowest BCUT2D eigenvalue weighted by atomic mass is 10.1. The van der Waals surface area contributed by atoms with Gasteiger partial charge in [-0.1, -0.05) is 11.6 Å². The summed E-state index contributed by atoms with van der Waals surface area (Å²) in [7, 11) is 0. The number of benzene rings is 1. The van der Waals surface area contributed by atoms with Crippen LogP contribution in [0.5, 0.6) is 0 Å². The molecule has 0 amide bonds. The molecule has 9 heteroatoms. The first kappa shape index (κ1) is 17.6. The van der Waals surface area contributed by atoms with Crippen molar-refractivity contribution >= 4 is 45.9 Å². The monoisotopic (exact) mass is 401 g/mol. The smallest absolute Gasteiger partial charge is 0.256 e. The van der Waals surface area contributed by atoms with Gasteiger partial charge in [0.05, 0.1) is 21.7 Å². The second-order valence-corrected chi connectivity index (χ2v) is 6.92. The lowest BCUT2D eigenvalue weighted by Crippen LogP contribution is -2.12. The fourth-order valence-corrected chi connectivity index (χ4v) is 3.47. The number of anilines is 2. The summed E-state index contributed by atoms with van der Waals surface area (Å²) in [5.74, 6) is 0.0453. The highest BCUT2D eigenvalue weighted by molar-refractivity contribution is 7.98. The van der Waals surface area contributed by atoms with E-state index >= 15 is 0 Å². The minimum absolute atomic E-state index is 0.133. The van der Waals surface area contributed by atoms with E-state index in [0.717, 1.165) is 5.39 Å². The SMILES string of the molecule is CSc1[nH]c(=O)c(-c2cc(Cl)ccc2F)cc1Nc1ncnc2[nH]ccc12. The average molecular weight is 402 g/mol. The molecule has 3 N–H and O–H groups in total. The zero-order valence-electron chi connectivity index (χ0n) is 14.0. The van der Waals surface area contributed by atoms with E-state index in [1.54, 1.807) is 12.3 Å². The highest BCUT2D eigenvalue weighted by Crippen LogP contribution is 2.31. The van der Waals surface area contributed by atoms with Gasteiger partial charge in [0.15, 0.2) is 0 Å². The van der Waals surface area contributed by atoms with Crippen LogP contribution in [0.1, 0.15) is 0 Å². The number of rotatable bonds is 4. The second kappa shape index (κ2) is 7.05. The molecule has 0 spiro atoms. The fourth-order valence-electron chi connectivity index (χ4n) is 2.77. The molecule has 0 aliphatic heterocycles. The fraction of sp³-hybridized carbons (Fsp3) is 0.0556. The van der Waals surface area contributed by atoms with Gasteiger partial charge in [-0.05, 0) is 36.6 Å². The summed E-state index contributed by atoms with van der Waals surface area (Å²) in [5.41, 5.74) is 1.19. The molecule has 4 aromatic rings. The molecule has 3 aromatic heterocycles. The number of hydrogen-bond acceptors (Lipinski definition) is 5. The van der Waals surface area contributed by atoms with Crippen molar-refractivity contribution in [1.82, 2.24) is 19.9 Å². The molecule has 0 saturated carbocycles. The van der Waals surface area contributed by atoms with Crippen molar-refractivity contribution in [2.45, 2.75) is 5.03 Å². The predicted molar refractivity (Wildman–Crippen MR) is 106 cm³/mol. The average Bonchev–Trinajstić information content (AvgIpc) is 3.15. The number of nitrogens with one attached hydrogen (secondary N) is 3. The van der Waals surface area contributed by atoms with Gasteiger partial charge in [-0.15, -0.1) is 11.8 Å². The summed E-state index contributed by atoms with van der Waals surface area (Å²) < 4.78 is 14.3. The first-order chi connectivity index (χ1) is 13.1. The van der Waals surface area contributed by atoms with Gasteiger partial charge in [0.1, 0.15) is 23.6 Å². The molecule has 3 heterocycles. The van der Waals surface area contributed by atoms with Crippen LogP contribution in [-0.4, -0.2) is 26.2 Å². The van der Waals surface area contributed by atoms with Crippen molar-refractivity contribution in [3.8, 4) is 11.1 Å². The number of aromatic nitrogens is 4.